The minimum atomic E-state index is -4.59. The molecule has 0 saturated heterocycles. The zero-order valence-corrected chi connectivity index (χ0v) is 13.7. The molecule has 1 aromatic rings. The van der Waals surface area contributed by atoms with E-state index in [0.717, 1.165) is 0 Å². The monoisotopic (exact) mass is 347 g/mol. The molecule has 1 N–H and O–H groups in total. The van der Waals surface area contributed by atoms with Gasteiger partial charge in [0.15, 0.2) is 0 Å². The maximum Gasteiger partial charge on any atom is 0.416 e. The average molecular weight is 347 g/mol. The van der Waals surface area contributed by atoms with Crippen molar-refractivity contribution < 1.29 is 27.5 Å². The predicted molar refractivity (Wildman–Crippen MR) is 82.7 cm³/mol. The molecule has 0 fully saturated rings. The molecule has 7 heteroatoms. The minimum absolute atomic E-state index is 0.0788. The fourth-order valence-electron chi connectivity index (χ4n) is 3.34. The van der Waals surface area contributed by atoms with Gasteiger partial charge in [-0.15, -0.1) is 0 Å². The van der Waals surface area contributed by atoms with E-state index >= 15 is 0 Å². The van der Waals surface area contributed by atoms with Crippen molar-refractivity contribution >= 4 is 11.7 Å². The van der Waals surface area contributed by atoms with Crippen LogP contribution in [0, 0.1) is 5.82 Å². The number of halogens is 4. The standard InChI is InChI=1S/C17H21F4NO2/c1-10-11(2)22(7-5-3-4-6-15(23)24)14-9-12(18)8-13(16(10)14)17(19,20)21/h8-11H,3-7H2,1-2H3,(H,23,24). The summed E-state index contributed by atoms with van der Waals surface area (Å²) in [6, 6.07) is 1.57. The number of carboxylic acid groups (broad SMARTS) is 1. The highest BCUT2D eigenvalue weighted by atomic mass is 19.4. The summed E-state index contributed by atoms with van der Waals surface area (Å²) in [5, 5.41) is 8.61. The van der Waals surface area contributed by atoms with Crippen LogP contribution in [0.1, 0.15) is 56.6 Å². The Hall–Kier alpha value is -1.79. The number of anilines is 1. The zero-order chi connectivity index (χ0) is 18.1. The van der Waals surface area contributed by atoms with Crippen molar-refractivity contribution in [2.45, 2.75) is 57.7 Å². The van der Waals surface area contributed by atoms with Crippen LogP contribution in [0.3, 0.4) is 0 Å². The Morgan fingerprint density at radius 3 is 2.46 bits per heavy atom. The fraction of sp³-hybridized carbons (Fsp3) is 0.588. The van der Waals surface area contributed by atoms with Gasteiger partial charge in [0.1, 0.15) is 5.82 Å². The van der Waals surface area contributed by atoms with Gasteiger partial charge in [-0.05, 0) is 37.5 Å². The molecule has 0 saturated carbocycles. The molecular weight excluding hydrogens is 326 g/mol. The molecular formula is C17H21F4NO2. The smallest absolute Gasteiger partial charge is 0.416 e. The van der Waals surface area contributed by atoms with Gasteiger partial charge in [-0.3, -0.25) is 4.79 Å². The molecule has 1 heterocycles. The second-order valence-corrected chi connectivity index (χ2v) is 6.31. The second-order valence-electron chi connectivity index (χ2n) is 6.31. The third-order valence-electron chi connectivity index (χ3n) is 4.70. The molecule has 1 aromatic carbocycles. The van der Waals surface area contributed by atoms with Gasteiger partial charge in [0.25, 0.3) is 0 Å². The number of nitrogens with zero attached hydrogens (tertiary/aromatic N) is 1. The number of aliphatic carboxylic acids is 1. The molecule has 0 aliphatic carbocycles. The molecule has 2 atom stereocenters. The minimum Gasteiger partial charge on any atom is -0.481 e. The maximum absolute atomic E-state index is 13.7. The lowest BCUT2D eigenvalue weighted by Gasteiger charge is -2.26. The molecule has 1 aliphatic rings. The summed E-state index contributed by atoms with van der Waals surface area (Å²) in [4.78, 5) is 12.3. The lowest BCUT2D eigenvalue weighted by molar-refractivity contribution is -0.138. The molecule has 2 rings (SSSR count). The van der Waals surface area contributed by atoms with Crippen LogP contribution in [0.25, 0.3) is 0 Å². The Bertz CT molecular complexity index is 615. The third kappa shape index (κ3) is 3.82. The van der Waals surface area contributed by atoms with Crippen LogP contribution in [0.2, 0.25) is 0 Å². The number of unbranched alkanes of at least 4 members (excludes halogenated alkanes) is 2. The highest BCUT2D eigenvalue weighted by Gasteiger charge is 2.42. The first-order valence-corrected chi connectivity index (χ1v) is 8.02. The number of rotatable bonds is 6. The predicted octanol–water partition coefficient (Wildman–Crippen LogP) is 4.80. The van der Waals surface area contributed by atoms with Gasteiger partial charge in [-0.25, -0.2) is 4.39 Å². The molecule has 2 unspecified atom stereocenters. The van der Waals surface area contributed by atoms with E-state index in [1.165, 1.54) is 6.07 Å². The third-order valence-corrected chi connectivity index (χ3v) is 4.70. The summed E-state index contributed by atoms with van der Waals surface area (Å²) in [6.07, 6.45) is -2.66. The van der Waals surface area contributed by atoms with Gasteiger partial charge in [0.05, 0.1) is 5.56 Å². The highest BCUT2D eigenvalue weighted by Crippen LogP contribution is 2.47. The number of hydrogen-bond donors (Lipinski definition) is 1. The van der Waals surface area contributed by atoms with Crippen molar-refractivity contribution in [1.82, 2.24) is 0 Å². The number of fused-ring (bicyclic) bond motifs is 1. The molecule has 134 valence electrons. The van der Waals surface area contributed by atoms with Gasteiger partial charge >= 0.3 is 12.1 Å². The van der Waals surface area contributed by atoms with Crippen molar-refractivity contribution in [3.63, 3.8) is 0 Å². The van der Waals surface area contributed by atoms with Crippen molar-refractivity contribution in [3.05, 3.63) is 29.1 Å². The molecule has 0 amide bonds. The number of alkyl halides is 3. The van der Waals surface area contributed by atoms with Crippen LogP contribution in [0.15, 0.2) is 12.1 Å². The van der Waals surface area contributed by atoms with E-state index in [0.29, 0.717) is 37.6 Å². The lowest BCUT2D eigenvalue weighted by atomic mass is 9.93. The quantitative estimate of drug-likeness (QED) is 0.593. The fourth-order valence-corrected chi connectivity index (χ4v) is 3.34. The van der Waals surface area contributed by atoms with Crippen molar-refractivity contribution in [2.75, 3.05) is 11.4 Å². The molecule has 0 bridgehead atoms. The van der Waals surface area contributed by atoms with Gasteiger partial charge in [0, 0.05) is 30.6 Å². The topological polar surface area (TPSA) is 40.5 Å². The zero-order valence-electron chi connectivity index (χ0n) is 13.7. The van der Waals surface area contributed by atoms with E-state index in [4.69, 9.17) is 5.11 Å². The summed E-state index contributed by atoms with van der Waals surface area (Å²) in [6.45, 7) is 4.04. The molecule has 0 spiro atoms. The van der Waals surface area contributed by atoms with E-state index in [1.54, 1.807) is 11.8 Å². The first-order chi connectivity index (χ1) is 11.1. The molecule has 24 heavy (non-hydrogen) atoms. The normalized spacial score (nSPS) is 20.3. The Morgan fingerprint density at radius 1 is 1.21 bits per heavy atom. The molecule has 0 aromatic heterocycles. The number of benzene rings is 1. The van der Waals surface area contributed by atoms with E-state index in [1.807, 2.05) is 6.92 Å². The van der Waals surface area contributed by atoms with Crippen molar-refractivity contribution in [1.29, 1.82) is 0 Å². The summed E-state index contributed by atoms with van der Waals surface area (Å²) in [5.74, 6) is -2.10. The summed E-state index contributed by atoms with van der Waals surface area (Å²) >= 11 is 0. The Morgan fingerprint density at radius 2 is 1.88 bits per heavy atom. The van der Waals surface area contributed by atoms with Crippen LogP contribution >= 0.6 is 0 Å². The molecule has 3 nitrogen and oxygen atoms in total. The Balaban J connectivity index is 2.20. The first kappa shape index (κ1) is 18.5. The van der Waals surface area contributed by atoms with Crippen molar-refractivity contribution in [2.24, 2.45) is 0 Å². The number of hydrogen-bond acceptors (Lipinski definition) is 2. The van der Waals surface area contributed by atoms with E-state index in [-0.39, 0.29) is 23.9 Å². The average Bonchev–Trinajstić information content (AvgIpc) is 2.69. The SMILES string of the molecule is CC1c2c(cc(F)cc2C(F)(F)F)N(CCCCCC(=O)O)C1C. The van der Waals surface area contributed by atoms with E-state index in [2.05, 4.69) is 0 Å². The summed E-state index contributed by atoms with van der Waals surface area (Å²) in [7, 11) is 0. The van der Waals surface area contributed by atoms with E-state index < -0.39 is 23.5 Å². The Kier molecular flexibility index (Phi) is 5.40. The van der Waals surface area contributed by atoms with Crippen LogP contribution in [-0.4, -0.2) is 23.7 Å². The van der Waals surface area contributed by atoms with Gasteiger partial charge in [-0.2, -0.15) is 13.2 Å². The van der Waals surface area contributed by atoms with E-state index in [9.17, 15) is 22.4 Å². The highest BCUT2D eigenvalue weighted by molar-refractivity contribution is 5.66. The van der Waals surface area contributed by atoms with Gasteiger partial charge in [-0.1, -0.05) is 13.3 Å². The lowest BCUT2D eigenvalue weighted by Crippen LogP contribution is -2.31. The molecule has 1 aliphatic heterocycles. The first-order valence-electron chi connectivity index (χ1n) is 8.02. The van der Waals surface area contributed by atoms with Gasteiger partial charge in [0.2, 0.25) is 0 Å². The van der Waals surface area contributed by atoms with Crippen LogP contribution in [0.5, 0.6) is 0 Å². The summed E-state index contributed by atoms with van der Waals surface area (Å²) < 4.78 is 53.4. The molecule has 0 radical (unpaired) electrons. The maximum atomic E-state index is 13.7. The Labute approximate surface area is 138 Å². The second kappa shape index (κ2) is 6.99. The van der Waals surface area contributed by atoms with Gasteiger partial charge < -0.3 is 10.0 Å². The number of carbonyl (C=O) groups is 1. The number of carboxylic acids is 1. The van der Waals surface area contributed by atoms with Crippen molar-refractivity contribution in [3.8, 4) is 0 Å². The summed E-state index contributed by atoms with van der Waals surface area (Å²) in [5.41, 5.74) is -0.437. The van der Waals surface area contributed by atoms with Crippen LogP contribution in [-0.2, 0) is 11.0 Å². The van der Waals surface area contributed by atoms with Crippen LogP contribution in [0.4, 0.5) is 23.2 Å². The largest absolute Gasteiger partial charge is 0.481 e. The van der Waals surface area contributed by atoms with Crippen LogP contribution < -0.4 is 4.90 Å².